The van der Waals surface area contributed by atoms with Crippen LogP contribution in [0.25, 0.3) is 22.2 Å². The summed E-state index contributed by atoms with van der Waals surface area (Å²) in [5.41, 5.74) is 0.606. The van der Waals surface area contributed by atoms with Crippen molar-refractivity contribution in [2.75, 3.05) is 40.0 Å². The monoisotopic (exact) mass is 427 g/mol. The highest BCUT2D eigenvalue weighted by Gasteiger charge is 2.24. The number of hydrogen-bond acceptors (Lipinski definition) is 6. The van der Waals surface area contributed by atoms with Crippen LogP contribution in [0.2, 0.25) is 0 Å². The number of morpholine rings is 1. The van der Waals surface area contributed by atoms with E-state index in [2.05, 4.69) is 9.88 Å². The minimum absolute atomic E-state index is 0.0356. The number of rotatable bonds is 6. The third kappa shape index (κ3) is 4.14. The Bertz CT molecular complexity index is 1170. The van der Waals surface area contributed by atoms with Crippen LogP contribution in [0.1, 0.15) is 10.4 Å². The first-order chi connectivity index (χ1) is 15.0. The maximum atomic E-state index is 13.3. The zero-order chi connectivity index (χ0) is 22.0. The molecule has 0 aliphatic carbocycles. The van der Waals surface area contributed by atoms with Gasteiger partial charge < -0.3 is 14.6 Å². The Kier molecular flexibility index (Phi) is 5.97. The zero-order valence-corrected chi connectivity index (χ0v) is 17.0. The fourth-order valence-corrected chi connectivity index (χ4v) is 3.78. The van der Waals surface area contributed by atoms with Gasteiger partial charge in [-0.15, -0.1) is 0 Å². The second kappa shape index (κ2) is 8.83. The first kappa shape index (κ1) is 21.0. The summed E-state index contributed by atoms with van der Waals surface area (Å²) in [6, 6.07) is 7.60. The molecule has 0 radical (unpaired) electrons. The molecule has 8 nitrogen and oxygen atoms in total. The van der Waals surface area contributed by atoms with Crippen molar-refractivity contribution in [1.29, 1.82) is 0 Å². The first-order valence-electron chi connectivity index (χ1n) is 9.89. The van der Waals surface area contributed by atoms with Crippen LogP contribution in [0.4, 0.5) is 4.39 Å². The first-order valence-corrected chi connectivity index (χ1v) is 9.89. The van der Waals surface area contributed by atoms with Gasteiger partial charge in [0.2, 0.25) is 0 Å². The highest BCUT2D eigenvalue weighted by atomic mass is 19.1. The number of aromatic nitrogens is 2. The van der Waals surface area contributed by atoms with Gasteiger partial charge in [-0.2, -0.15) is 0 Å². The van der Waals surface area contributed by atoms with Crippen LogP contribution in [0, 0.1) is 5.82 Å². The van der Waals surface area contributed by atoms with Crippen LogP contribution in [0.3, 0.4) is 0 Å². The van der Waals surface area contributed by atoms with E-state index in [4.69, 9.17) is 9.47 Å². The molecule has 162 valence electrons. The number of carboxylic acids is 1. The number of benzene rings is 1. The molecule has 0 unspecified atom stereocenters. The van der Waals surface area contributed by atoms with Gasteiger partial charge in [-0.25, -0.2) is 14.2 Å². The van der Waals surface area contributed by atoms with E-state index in [1.165, 1.54) is 23.8 Å². The fourth-order valence-electron chi connectivity index (χ4n) is 3.78. The summed E-state index contributed by atoms with van der Waals surface area (Å²) in [6.45, 7) is 3.58. The van der Waals surface area contributed by atoms with E-state index in [0.717, 1.165) is 13.1 Å². The number of aromatic carboxylic acids is 1. The molecule has 4 rings (SSSR count). The molecule has 31 heavy (non-hydrogen) atoms. The Hall–Kier alpha value is -3.30. The van der Waals surface area contributed by atoms with Gasteiger partial charge in [0.15, 0.2) is 5.56 Å². The number of ether oxygens (including phenoxy) is 2. The number of methoxy groups -OCH3 is 1. The van der Waals surface area contributed by atoms with E-state index in [9.17, 15) is 19.1 Å². The lowest BCUT2D eigenvalue weighted by molar-refractivity contribution is 0.0364. The molecule has 1 saturated heterocycles. The van der Waals surface area contributed by atoms with E-state index >= 15 is 0 Å². The van der Waals surface area contributed by atoms with Crippen LogP contribution >= 0.6 is 0 Å². The van der Waals surface area contributed by atoms with E-state index < -0.39 is 17.1 Å². The molecule has 1 aliphatic rings. The number of carboxylic acid groups (broad SMARTS) is 1. The molecule has 1 aromatic carbocycles. The molecule has 3 heterocycles. The highest BCUT2D eigenvalue weighted by molar-refractivity contribution is 5.99. The molecule has 0 atom stereocenters. The summed E-state index contributed by atoms with van der Waals surface area (Å²) in [4.78, 5) is 31.6. The molecule has 9 heteroatoms. The summed E-state index contributed by atoms with van der Waals surface area (Å²) in [6.07, 6.45) is 1.58. The van der Waals surface area contributed by atoms with Crippen molar-refractivity contribution in [3.8, 4) is 16.9 Å². The smallest absolute Gasteiger partial charge is 0.345 e. The van der Waals surface area contributed by atoms with Crippen molar-refractivity contribution in [1.82, 2.24) is 14.5 Å². The number of carbonyl (C=O) groups is 1. The standard InChI is InChI=1S/C22H22FN3O5/c1-30-19-17-12-15(14-2-4-16(23)5-3-14)13-24-20(17)26(21(27)18(19)22(28)29)7-6-25-8-10-31-11-9-25/h2-5,12-13H,6-11H2,1H3,(H,28,29). The summed E-state index contributed by atoms with van der Waals surface area (Å²) in [5.74, 6) is -1.76. The maximum Gasteiger partial charge on any atom is 0.345 e. The number of hydrogen-bond donors (Lipinski definition) is 1. The molecule has 2 aromatic heterocycles. The summed E-state index contributed by atoms with van der Waals surface area (Å²) >= 11 is 0. The summed E-state index contributed by atoms with van der Waals surface area (Å²) < 4.78 is 25.4. The predicted molar refractivity (Wildman–Crippen MR) is 112 cm³/mol. The Balaban J connectivity index is 1.85. The van der Waals surface area contributed by atoms with E-state index in [1.54, 1.807) is 24.4 Å². The van der Waals surface area contributed by atoms with Gasteiger partial charge in [-0.3, -0.25) is 14.3 Å². The minimum Gasteiger partial charge on any atom is -0.495 e. The Morgan fingerprint density at radius 2 is 1.90 bits per heavy atom. The van der Waals surface area contributed by atoms with Gasteiger partial charge in [0, 0.05) is 37.9 Å². The van der Waals surface area contributed by atoms with Crippen LogP contribution in [-0.4, -0.2) is 65.5 Å². The van der Waals surface area contributed by atoms with Crippen molar-refractivity contribution in [3.63, 3.8) is 0 Å². The Morgan fingerprint density at radius 3 is 2.55 bits per heavy atom. The van der Waals surface area contributed by atoms with Gasteiger partial charge in [0.05, 0.1) is 25.7 Å². The Morgan fingerprint density at radius 1 is 1.19 bits per heavy atom. The van der Waals surface area contributed by atoms with Crippen LogP contribution in [0.15, 0.2) is 41.3 Å². The van der Waals surface area contributed by atoms with E-state index in [0.29, 0.717) is 41.9 Å². The molecule has 0 saturated carbocycles. The molecule has 1 N–H and O–H groups in total. The molecule has 1 fully saturated rings. The van der Waals surface area contributed by atoms with Gasteiger partial charge >= 0.3 is 5.97 Å². The van der Waals surface area contributed by atoms with Crippen molar-refractivity contribution < 1.29 is 23.8 Å². The largest absolute Gasteiger partial charge is 0.495 e. The van der Waals surface area contributed by atoms with Crippen LogP contribution in [-0.2, 0) is 11.3 Å². The molecular formula is C22H22FN3O5. The SMILES string of the molecule is COc1c(C(=O)O)c(=O)n(CCN2CCOCC2)c2ncc(-c3ccc(F)cc3)cc12. The normalized spacial score (nSPS) is 14.6. The molecule has 0 amide bonds. The lowest BCUT2D eigenvalue weighted by Crippen LogP contribution is -2.40. The number of halogens is 1. The number of fused-ring (bicyclic) bond motifs is 1. The second-order valence-electron chi connectivity index (χ2n) is 7.23. The summed E-state index contributed by atoms with van der Waals surface area (Å²) in [5, 5.41) is 10.1. The van der Waals surface area contributed by atoms with Gasteiger partial charge in [0.25, 0.3) is 5.56 Å². The third-order valence-electron chi connectivity index (χ3n) is 5.39. The highest BCUT2D eigenvalue weighted by Crippen LogP contribution is 2.30. The van der Waals surface area contributed by atoms with Gasteiger partial charge in [-0.05, 0) is 23.8 Å². The van der Waals surface area contributed by atoms with E-state index in [1.807, 2.05) is 0 Å². The molecule has 0 bridgehead atoms. The van der Waals surface area contributed by atoms with Crippen molar-refractivity contribution >= 4 is 17.0 Å². The molecule has 3 aromatic rings. The number of nitrogens with zero attached hydrogens (tertiary/aromatic N) is 3. The van der Waals surface area contributed by atoms with Crippen LogP contribution < -0.4 is 10.3 Å². The third-order valence-corrected chi connectivity index (χ3v) is 5.39. The Labute approximate surface area is 177 Å². The van der Waals surface area contributed by atoms with Crippen molar-refractivity contribution in [3.05, 3.63) is 58.3 Å². The van der Waals surface area contributed by atoms with Gasteiger partial charge in [0.1, 0.15) is 17.2 Å². The van der Waals surface area contributed by atoms with Gasteiger partial charge in [-0.1, -0.05) is 12.1 Å². The average Bonchev–Trinajstić information content (AvgIpc) is 2.78. The predicted octanol–water partition coefficient (Wildman–Crippen LogP) is 2.24. The van der Waals surface area contributed by atoms with Crippen molar-refractivity contribution in [2.45, 2.75) is 6.54 Å². The van der Waals surface area contributed by atoms with Crippen LogP contribution in [0.5, 0.6) is 5.75 Å². The fraction of sp³-hybridized carbons (Fsp3) is 0.318. The number of pyridine rings is 2. The lowest BCUT2D eigenvalue weighted by atomic mass is 10.0. The average molecular weight is 427 g/mol. The molecule has 0 spiro atoms. The minimum atomic E-state index is -1.36. The lowest BCUT2D eigenvalue weighted by Gasteiger charge is -2.27. The van der Waals surface area contributed by atoms with E-state index in [-0.39, 0.29) is 18.1 Å². The van der Waals surface area contributed by atoms with Crippen molar-refractivity contribution in [2.24, 2.45) is 0 Å². The summed E-state index contributed by atoms with van der Waals surface area (Å²) in [7, 11) is 1.32. The molecular weight excluding hydrogens is 405 g/mol. The quantitative estimate of drug-likeness (QED) is 0.645. The second-order valence-corrected chi connectivity index (χ2v) is 7.23. The topological polar surface area (TPSA) is 93.9 Å². The zero-order valence-electron chi connectivity index (χ0n) is 17.0. The molecule has 1 aliphatic heterocycles. The maximum absolute atomic E-state index is 13.3.